The van der Waals surface area contributed by atoms with E-state index >= 15 is 0 Å². The van der Waals surface area contributed by atoms with Gasteiger partial charge in [-0.3, -0.25) is 9.48 Å². The first-order valence-corrected chi connectivity index (χ1v) is 8.73. The molecule has 1 amide bonds. The van der Waals surface area contributed by atoms with Gasteiger partial charge < -0.3 is 5.32 Å². The van der Waals surface area contributed by atoms with Crippen molar-refractivity contribution in [3.63, 3.8) is 0 Å². The van der Waals surface area contributed by atoms with E-state index in [0.29, 0.717) is 13.0 Å². The molecule has 0 spiro atoms. The molecule has 1 aliphatic rings. The second-order valence-corrected chi connectivity index (χ2v) is 7.34. The first-order chi connectivity index (χ1) is 10.3. The van der Waals surface area contributed by atoms with Gasteiger partial charge in [0, 0.05) is 32.4 Å². The van der Waals surface area contributed by atoms with Crippen molar-refractivity contribution in [2.45, 2.75) is 38.8 Å². The van der Waals surface area contributed by atoms with Gasteiger partial charge in [-0.15, -0.1) is 0 Å². The number of hydrogen-bond donors (Lipinski definition) is 2. The molecular formula is C13H23N5O3S. The first-order valence-electron chi connectivity index (χ1n) is 7.29. The summed E-state index contributed by atoms with van der Waals surface area (Å²) in [6.07, 6.45) is 2.96. The zero-order chi connectivity index (χ0) is 16.5. The molecule has 9 heteroatoms. The third-order valence-electron chi connectivity index (χ3n) is 3.85. The van der Waals surface area contributed by atoms with Crippen LogP contribution in [0.25, 0.3) is 0 Å². The van der Waals surface area contributed by atoms with Crippen LogP contribution in [0.4, 0.5) is 0 Å². The summed E-state index contributed by atoms with van der Waals surface area (Å²) >= 11 is 0. The fraction of sp³-hybridized carbons (Fsp3) is 0.692. The van der Waals surface area contributed by atoms with Gasteiger partial charge in [0.05, 0.1) is 11.7 Å². The number of rotatable bonds is 4. The van der Waals surface area contributed by atoms with Gasteiger partial charge in [-0.1, -0.05) is 6.92 Å². The van der Waals surface area contributed by atoms with E-state index in [4.69, 9.17) is 0 Å². The summed E-state index contributed by atoms with van der Waals surface area (Å²) < 4.78 is 29.9. The molecule has 1 fully saturated rings. The van der Waals surface area contributed by atoms with Gasteiger partial charge in [0.15, 0.2) is 0 Å². The predicted octanol–water partition coefficient (Wildman–Crippen LogP) is -0.166. The third-order valence-corrected chi connectivity index (χ3v) is 5.44. The highest BCUT2D eigenvalue weighted by molar-refractivity contribution is 7.87. The van der Waals surface area contributed by atoms with Crippen LogP contribution in [0.5, 0.6) is 0 Å². The summed E-state index contributed by atoms with van der Waals surface area (Å²) in [7, 11) is -0.495. The van der Waals surface area contributed by atoms with E-state index in [1.165, 1.54) is 7.05 Å². The van der Waals surface area contributed by atoms with E-state index in [-0.39, 0.29) is 5.91 Å². The minimum atomic E-state index is -3.70. The van der Waals surface area contributed by atoms with Crippen molar-refractivity contribution in [1.29, 1.82) is 0 Å². The highest BCUT2D eigenvalue weighted by Gasteiger charge is 2.41. The summed E-state index contributed by atoms with van der Waals surface area (Å²) in [5, 5.41) is 7.01. The number of likely N-dealkylation sites (N-methyl/N-ethyl adjacent to an activating group) is 1. The van der Waals surface area contributed by atoms with Gasteiger partial charge in [-0.2, -0.15) is 22.5 Å². The first kappa shape index (κ1) is 16.9. The zero-order valence-corrected chi connectivity index (χ0v) is 14.1. The Morgan fingerprint density at radius 1 is 1.50 bits per heavy atom. The highest BCUT2D eigenvalue weighted by atomic mass is 32.2. The van der Waals surface area contributed by atoms with Crippen molar-refractivity contribution in [2.75, 3.05) is 13.6 Å². The molecule has 0 unspecified atom stereocenters. The van der Waals surface area contributed by atoms with Gasteiger partial charge in [0.1, 0.15) is 6.04 Å². The van der Waals surface area contributed by atoms with Gasteiger partial charge >= 0.3 is 0 Å². The van der Waals surface area contributed by atoms with Crippen molar-refractivity contribution >= 4 is 16.1 Å². The third kappa shape index (κ3) is 3.31. The fourth-order valence-corrected chi connectivity index (χ4v) is 3.90. The lowest BCUT2D eigenvalue weighted by Gasteiger charge is -2.36. The molecule has 2 heterocycles. The molecule has 2 rings (SSSR count). The van der Waals surface area contributed by atoms with Crippen LogP contribution >= 0.6 is 0 Å². The van der Waals surface area contributed by atoms with Gasteiger partial charge in [0.2, 0.25) is 5.91 Å². The van der Waals surface area contributed by atoms with E-state index in [2.05, 4.69) is 15.1 Å². The summed E-state index contributed by atoms with van der Waals surface area (Å²) in [6.45, 7) is 4.31. The Labute approximate surface area is 131 Å². The largest absolute Gasteiger partial charge is 0.355 e. The van der Waals surface area contributed by atoms with E-state index in [0.717, 1.165) is 22.0 Å². The average Bonchev–Trinajstić information content (AvgIpc) is 2.77. The van der Waals surface area contributed by atoms with E-state index < -0.39 is 22.3 Å². The van der Waals surface area contributed by atoms with Crippen LogP contribution in [0.1, 0.15) is 37.1 Å². The van der Waals surface area contributed by atoms with Crippen molar-refractivity contribution in [1.82, 2.24) is 24.1 Å². The molecule has 2 atom stereocenters. The smallest absolute Gasteiger partial charge is 0.280 e. The van der Waals surface area contributed by atoms with E-state index in [1.807, 2.05) is 13.8 Å². The predicted molar refractivity (Wildman–Crippen MR) is 82.2 cm³/mol. The maximum absolute atomic E-state index is 12.3. The molecule has 0 aromatic carbocycles. The number of aryl methyl sites for hydroxylation is 2. The molecule has 124 valence electrons. The van der Waals surface area contributed by atoms with Crippen molar-refractivity contribution < 1.29 is 13.2 Å². The number of carbonyl (C=O) groups excluding carboxylic acids is 1. The number of aromatic nitrogens is 2. The van der Waals surface area contributed by atoms with Crippen LogP contribution in [0.3, 0.4) is 0 Å². The SMILES string of the molecule is CCCNC(=O)[C@H]1C[C@@H](c2cn(C)nc2C)NS(=O)(=O)N1C. The van der Waals surface area contributed by atoms with Crippen molar-refractivity contribution in [3.05, 3.63) is 17.5 Å². The van der Waals surface area contributed by atoms with Crippen molar-refractivity contribution in [2.24, 2.45) is 7.05 Å². The summed E-state index contributed by atoms with van der Waals surface area (Å²) in [5.74, 6) is -0.263. The Bertz CT molecular complexity index is 655. The minimum Gasteiger partial charge on any atom is -0.355 e. The lowest BCUT2D eigenvalue weighted by molar-refractivity contribution is -0.125. The Balaban J connectivity index is 2.28. The standard InChI is InChI=1S/C13H23N5O3S/c1-5-6-14-13(19)12-7-11(16-22(20,21)18(12)4)10-8-17(3)15-9(10)2/h8,11-12,16H,5-7H2,1-4H3,(H,14,19)/t11-,12+/m0/s1. The van der Waals surface area contributed by atoms with Crippen LogP contribution in [-0.4, -0.2) is 48.0 Å². The molecule has 8 nitrogen and oxygen atoms in total. The average molecular weight is 329 g/mol. The van der Waals surface area contributed by atoms with Crippen molar-refractivity contribution in [3.8, 4) is 0 Å². The molecule has 1 aromatic heterocycles. The highest BCUT2D eigenvalue weighted by Crippen LogP contribution is 2.29. The monoisotopic (exact) mass is 329 g/mol. The molecule has 1 aromatic rings. The molecule has 0 aliphatic carbocycles. The number of nitrogens with zero attached hydrogens (tertiary/aromatic N) is 3. The number of carbonyl (C=O) groups is 1. The Kier molecular flexibility index (Phi) is 4.88. The number of amides is 1. The molecule has 22 heavy (non-hydrogen) atoms. The molecule has 1 aliphatic heterocycles. The normalized spacial score (nSPS) is 25.1. The molecule has 0 bridgehead atoms. The van der Waals surface area contributed by atoms with E-state index in [1.54, 1.807) is 17.9 Å². The maximum Gasteiger partial charge on any atom is 0.280 e. The van der Waals surface area contributed by atoms with Gasteiger partial charge in [-0.05, 0) is 19.8 Å². The van der Waals surface area contributed by atoms with Crippen LogP contribution in [0, 0.1) is 6.92 Å². The fourth-order valence-electron chi connectivity index (χ4n) is 2.64. The van der Waals surface area contributed by atoms with Crippen LogP contribution in [0.2, 0.25) is 0 Å². The van der Waals surface area contributed by atoms with Crippen LogP contribution in [-0.2, 0) is 22.1 Å². The zero-order valence-electron chi connectivity index (χ0n) is 13.3. The number of hydrogen-bond acceptors (Lipinski definition) is 4. The lowest BCUT2D eigenvalue weighted by Crippen LogP contribution is -2.57. The Hall–Kier alpha value is -1.45. The maximum atomic E-state index is 12.3. The summed E-state index contributed by atoms with van der Waals surface area (Å²) in [5.41, 5.74) is 1.56. The van der Waals surface area contributed by atoms with Gasteiger partial charge in [-0.25, -0.2) is 0 Å². The summed E-state index contributed by atoms with van der Waals surface area (Å²) in [6, 6.07) is -1.17. The second kappa shape index (κ2) is 6.35. The van der Waals surface area contributed by atoms with Crippen LogP contribution < -0.4 is 10.0 Å². The van der Waals surface area contributed by atoms with Gasteiger partial charge in [0.25, 0.3) is 10.2 Å². The molecule has 0 saturated carbocycles. The topological polar surface area (TPSA) is 96.3 Å². The molecule has 2 N–H and O–H groups in total. The lowest BCUT2D eigenvalue weighted by atomic mass is 10.00. The molecular weight excluding hydrogens is 306 g/mol. The second-order valence-electron chi connectivity index (χ2n) is 5.58. The Morgan fingerprint density at radius 2 is 2.18 bits per heavy atom. The minimum absolute atomic E-state index is 0.263. The summed E-state index contributed by atoms with van der Waals surface area (Å²) in [4.78, 5) is 12.3. The van der Waals surface area contributed by atoms with Crippen LogP contribution in [0.15, 0.2) is 6.20 Å². The number of nitrogens with one attached hydrogen (secondary N) is 2. The molecule has 1 saturated heterocycles. The molecule has 0 radical (unpaired) electrons. The Morgan fingerprint density at radius 3 is 2.73 bits per heavy atom. The van der Waals surface area contributed by atoms with E-state index in [9.17, 15) is 13.2 Å². The quantitative estimate of drug-likeness (QED) is 0.802.